The third kappa shape index (κ3) is 4.43. The first-order valence-electron chi connectivity index (χ1n) is 3.93. The van der Waals surface area contributed by atoms with Gasteiger partial charge in [-0.3, -0.25) is 9.69 Å². The average molecular weight is 175 g/mol. The van der Waals surface area contributed by atoms with Crippen molar-refractivity contribution >= 4 is 5.78 Å². The van der Waals surface area contributed by atoms with Gasteiger partial charge in [-0.15, -0.1) is 0 Å². The van der Waals surface area contributed by atoms with E-state index in [2.05, 4.69) is 4.74 Å². The van der Waals surface area contributed by atoms with Crippen molar-refractivity contribution < 1.29 is 14.6 Å². The van der Waals surface area contributed by atoms with E-state index in [9.17, 15) is 4.79 Å². The Hall–Kier alpha value is -0.450. The summed E-state index contributed by atoms with van der Waals surface area (Å²) in [6, 6.07) is 0.0193. The highest BCUT2D eigenvalue weighted by Crippen LogP contribution is 1.93. The maximum absolute atomic E-state index is 11.0. The van der Waals surface area contributed by atoms with Crippen molar-refractivity contribution in [2.24, 2.45) is 0 Å². The number of carbonyl (C=O) groups excluding carboxylic acids is 1. The van der Waals surface area contributed by atoms with Crippen LogP contribution in [-0.2, 0) is 9.53 Å². The Labute approximate surface area is 73.1 Å². The van der Waals surface area contributed by atoms with Crippen LogP contribution in [-0.4, -0.2) is 55.7 Å². The summed E-state index contributed by atoms with van der Waals surface area (Å²) in [5, 5.41) is 8.76. The zero-order chi connectivity index (χ0) is 9.56. The summed E-state index contributed by atoms with van der Waals surface area (Å²) < 4.78 is 4.68. The Morgan fingerprint density at radius 3 is 2.67 bits per heavy atom. The zero-order valence-electron chi connectivity index (χ0n) is 7.91. The van der Waals surface area contributed by atoms with Crippen molar-refractivity contribution in [1.29, 1.82) is 0 Å². The third-order valence-electron chi connectivity index (χ3n) is 1.75. The maximum Gasteiger partial charge on any atom is 0.172 e. The predicted octanol–water partition coefficient (Wildman–Crippen LogP) is -0.486. The molecule has 0 amide bonds. The summed E-state index contributed by atoms with van der Waals surface area (Å²) in [6.07, 6.45) is 0. The van der Waals surface area contributed by atoms with Gasteiger partial charge in [0.2, 0.25) is 0 Å². The fourth-order valence-electron chi connectivity index (χ4n) is 0.780. The van der Waals surface area contributed by atoms with E-state index in [-0.39, 0.29) is 25.0 Å². The Bertz CT molecular complexity index is 138. The molecule has 0 aliphatic heterocycles. The molecular weight excluding hydrogens is 158 g/mol. The summed E-state index contributed by atoms with van der Waals surface area (Å²) in [6.45, 7) is 2.40. The molecule has 0 saturated carbocycles. The molecule has 0 aromatic carbocycles. The monoisotopic (exact) mass is 175 g/mol. The van der Waals surface area contributed by atoms with Gasteiger partial charge >= 0.3 is 0 Å². The Morgan fingerprint density at radius 1 is 1.67 bits per heavy atom. The van der Waals surface area contributed by atoms with Crippen LogP contribution in [0.15, 0.2) is 0 Å². The van der Waals surface area contributed by atoms with Gasteiger partial charge < -0.3 is 9.84 Å². The minimum atomic E-state index is 0.0193. The van der Waals surface area contributed by atoms with Crippen LogP contribution in [0, 0.1) is 0 Å². The van der Waals surface area contributed by atoms with Gasteiger partial charge in [0.25, 0.3) is 0 Å². The minimum absolute atomic E-state index is 0.0193. The number of carbonyl (C=O) groups is 1. The number of rotatable bonds is 6. The highest BCUT2D eigenvalue weighted by molar-refractivity contribution is 5.81. The number of likely N-dealkylation sites (N-methyl/N-ethyl adjacent to an activating group) is 1. The predicted molar refractivity (Wildman–Crippen MR) is 46.1 cm³/mol. The molecule has 0 aromatic rings. The second-order valence-electron chi connectivity index (χ2n) is 2.92. The van der Waals surface area contributed by atoms with Gasteiger partial charge in [0.05, 0.1) is 13.2 Å². The van der Waals surface area contributed by atoms with Gasteiger partial charge in [0, 0.05) is 13.2 Å². The number of aliphatic hydroxyl groups excluding tert-OH is 1. The lowest BCUT2D eigenvalue weighted by molar-refractivity contribution is -0.124. The smallest absolute Gasteiger partial charge is 0.172 e. The van der Waals surface area contributed by atoms with Crippen molar-refractivity contribution in [3.63, 3.8) is 0 Å². The van der Waals surface area contributed by atoms with E-state index in [1.54, 1.807) is 11.9 Å². The molecule has 0 aliphatic rings. The second-order valence-corrected chi connectivity index (χ2v) is 2.92. The number of nitrogens with zero attached hydrogens (tertiary/aromatic N) is 1. The topological polar surface area (TPSA) is 49.8 Å². The molecule has 1 N–H and O–H groups in total. The molecule has 0 aromatic heterocycles. The van der Waals surface area contributed by atoms with Crippen LogP contribution in [0.3, 0.4) is 0 Å². The van der Waals surface area contributed by atoms with E-state index in [1.165, 1.54) is 7.11 Å². The summed E-state index contributed by atoms with van der Waals surface area (Å²) in [5.74, 6) is 0.0281. The Kier molecular flexibility index (Phi) is 5.88. The van der Waals surface area contributed by atoms with Gasteiger partial charge in [0.15, 0.2) is 5.78 Å². The lowest BCUT2D eigenvalue weighted by atomic mass is 10.3. The normalized spacial score (nSPS) is 13.4. The molecule has 0 radical (unpaired) electrons. The molecule has 1 atom stereocenters. The number of aliphatic hydroxyl groups is 1. The van der Waals surface area contributed by atoms with Crippen molar-refractivity contribution in [2.75, 3.05) is 33.9 Å². The second kappa shape index (κ2) is 6.11. The average Bonchev–Trinajstić information content (AvgIpc) is 2.03. The number of hydrogen-bond acceptors (Lipinski definition) is 4. The number of hydrogen-bond donors (Lipinski definition) is 1. The molecule has 1 unspecified atom stereocenters. The molecule has 0 heterocycles. The standard InChI is InChI=1S/C8H17NO3/c1-7(5-10)9(2)4-8(11)6-12-3/h7,10H,4-6H2,1-3H3. The molecule has 12 heavy (non-hydrogen) atoms. The number of Topliss-reactive ketones (excluding diaryl/α,β-unsaturated/α-hetero) is 1. The van der Waals surface area contributed by atoms with E-state index in [1.807, 2.05) is 6.92 Å². The summed E-state index contributed by atoms with van der Waals surface area (Å²) in [7, 11) is 3.29. The zero-order valence-corrected chi connectivity index (χ0v) is 7.91. The third-order valence-corrected chi connectivity index (χ3v) is 1.75. The van der Waals surface area contributed by atoms with Crippen LogP contribution in [0.2, 0.25) is 0 Å². The van der Waals surface area contributed by atoms with E-state index in [4.69, 9.17) is 5.11 Å². The van der Waals surface area contributed by atoms with Crippen LogP contribution < -0.4 is 0 Å². The lowest BCUT2D eigenvalue weighted by Gasteiger charge is -2.21. The summed E-state index contributed by atoms with van der Waals surface area (Å²) in [4.78, 5) is 12.8. The quantitative estimate of drug-likeness (QED) is 0.592. The largest absolute Gasteiger partial charge is 0.395 e. The van der Waals surface area contributed by atoms with Gasteiger partial charge in [-0.25, -0.2) is 0 Å². The molecular formula is C8H17NO3. The van der Waals surface area contributed by atoms with Gasteiger partial charge in [-0.1, -0.05) is 0 Å². The highest BCUT2D eigenvalue weighted by Gasteiger charge is 2.11. The fourth-order valence-corrected chi connectivity index (χ4v) is 0.780. The van der Waals surface area contributed by atoms with Crippen molar-refractivity contribution in [1.82, 2.24) is 4.90 Å². The number of ketones is 1. The first-order valence-corrected chi connectivity index (χ1v) is 3.93. The highest BCUT2D eigenvalue weighted by atomic mass is 16.5. The molecule has 4 heteroatoms. The number of ether oxygens (including phenoxy) is 1. The van der Waals surface area contributed by atoms with E-state index < -0.39 is 0 Å². The van der Waals surface area contributed by atoms with E-state index >= 15 is 0 Å². The van der Waals surface area contributed by atoms with E-state index in [0.29, 0.717) is 6.54 Å². The molecule has 0 saturated heterocycles. The first-order chi connectivity index (χ1) is 5.61. The molecule has 0 rings (SSSR count). The van der Waals surface area contributed by atoms with Gasteiger partial charge in [-0.2, -0.15) is 0 Å². The Balaban J connectivity index is 3.67. The van der Waals surface area contributed by atoms with Crippen molar-refractivity contribution in [2.45, 2.75) is 13.0 Å². The SMILES string of the molecule is COCC(=O)CN(C)C(C)CO. The number of methoxy groups -OCH3 is 1. The van der Waals surface area contributed by atoms with Crippen LogP contribution in [0.25, 0.3) is 0 Å². The molecule has 0 aliphatic carbocycles. The maximum atomic E-state index is 11.0. The first kappa shape index (κ1) is 11.6. The lowest BCUT2D eigenvalue weighted by Crippen LogP contribution is -2.37. The van der Waals surface area contributed by atoms with Crippen LogP contribution >= 0.6 is 0 Å². The van der Waals surface area contributed by atoms with Crippen molar-refractivity contribution in [3.05, 3.63) is 0 Å². The van der Waals surface area contributed by atoms with Gasteiger partial charge in [0.1, 0.15) is 6.61 Å². The van der Waals surface area contributed by atoms with Crippen LogP contribution in [0.1, 0.15) is 6.92 Å². The molecule has 0 spiro atoms. The molecule has 72 valence electrons. The Morgan fingerprint density at radius 2 is 2.25 bits per heavy atom. The summed E-state index contributed by atoms with van der Waals surface area (Å²) in [5.41, 5.74) is 0. The minimum Gasteiger partial charge on any atom is -0.395 e. The van der Waals surface area contributed by atoms with E-state index in [0.717, 1.165) is 0 Å². The van der Waals surface area contributed by atoms with Crippen LogP contribution in [0.4, 0.5) is 0 Å². The van der Waals surface area contributed by atoms with Gasteiger partial charge in [-0.05, 0) is 14.0 Å². The summed E-state index contributed by atoms with van der Waals surface area (Å²) >= 11 is 0. The molecule has 0 fully saturated rings. The fraction of sp³-hybridized carbons (Fsp3) is 0.875. The van der Waals surface area contributed by atoms with Crippen LogP contribution in [0.5, 0.6) is 0 Å². The molecule has 0 bridgehead atoms. The molecule has 4 nitrogen and oxygen atoms in total. The van der Waals surface area contributed by atoms with Crippen molar-refractivity contribution in [3.8, 4) is 0 Å².